The van der Waals surface area contributed by atoms with Crippen molar-refractivity contribution in [2.45, 2.75) is 13.8 Å². The van der Waals surface area contributed by atoms with E-state index in [-0.39, 0.29) is 5.56 Å². The fraction of sp³-hybridized carbons (Fsp3) is 0.125. The molecule has 26 heavy (non-hydrogen) atoms. The van der Waals surface area contributed by atoms with E-state index in [0.29, 0.717) is 5.13 Å². The zero-order valence-electron chi connectivity index (χ0n) is 13.7. The van der Waals surface area contributed by atoms with E-state index < -0.39 is 27.1 Å². The van der Waals surface area contributed by atoms with Crippen molar-refractivity contribution in [1.29, 1.82) is 0 Å². The van der Waals surface area contributed by atoms with Gasteiger partial charge >= 0.3 is 0 Å². The molecule has 0 bridgehead atoms. The van der Waals surface area contributed by atoms with E-state index in [1.54, 1.807) is 0 Å². The lowest BCUT2D eigenvalue weighted by atomic mass is 10.1. The van der Waals surface area contributed by atoms with Gasteiger partial charge in [0, 0.05) is 12.1 Å². The minimum absolute atomic E-state index is 0.183. The quantitative estimate of drug-likeness (QED) is 0.545. The lowest BCUT2D eigenvalue weighted by molar-refractivity contribution is -0.394. The Kier molecular flexibility index (Phi) is 4.34. The molecule has 1 heterocycles. The number of hydrogen-bond acceptors (Lipinski definition) is 7. The Morgan fingerprint density at radius 3 is 2.15 bits per heavy atom. The van der Waals surface area contributed by atoms with Crippen LogP contribution in [-0.2, 0) is 0 Å². The molecule has 0 saturated heterocycles. The van der Waals surface area contributed by atoms with Crippen molar-refractivity contribution >= 4 is 44.0 Å². The van der Waals surface area contributed by atoms with Gasteiger partial charge in [-0.3, -0.25) is 30.3 Å². The third-order valence-electron chi connectivity index (χ3n) is 3.81. The molecular formula is C16H12N4O5S. The first-order valence-electron chi connectivity index (χ1n) is 7.37. The molecule has 0 radical (unpaired) electrons. The smallest absolute Gasteiger partial charge is 0.277 e. The molecule has 0 atom stereocenters. The summed E-state index contributed by atoms with van der Waals surface area (Å²) in [6.45, 7) is 3.92. The summed E-state index contributed by atoms with van der Waals surface area (Å²) >= 11 is 1.25. The number of nitro benzene ring substituents is 2. The molecule has 9 nitrogen and oxygen atoms in total. The molecule has 3 aromatic rings. The summed E-state index contributed by atoms with van der Waals surface area (Å²) in [7, 11) is 0. The fourth-order valence-corrected chi connectivity index (χ4v) is 3.28. The number of carbonyl (C=O) groups excluding carboxylic acids is 1. The van der Waals surface area contributed by atoms with Gasteiger partial charge in [0.2, 0.25) is 0 Å². The molecule has 0 aliphatic heterocycles. The second kappa shape index (κ2) is 6.48. The minimum atomic E-state index is -0.785. The highest BCUT2D eigenvalue weighted by Gasteiger charge is 2.20. The van der Waals surface area contributed by atoms with Crippen LogP contribution in [-0.4, -0.2) is 20.7 Å². The Bertz CT molecular complexity index is 1000. The van der Waals surface area contributed by atoms with Gasteiger partial charge in [-0.15, -0.1) is 0 Å². The monoisotopic (exact) mass is 372 g/mol. The number of nitrogens with one attached hydrogen (secondary N) is 1. The van der Waals surface area contributed by atoms with Crippen LogP contribution in [0.25, 0.3) is 10.2 Å². The van der Waals surface area contributed by atoms with E-state index in [9.17, 15) is 25.0 Å². The van der Waals surface area contributed by atoms with Crippen LogP contribution in [0.1, 0.15) is 21.5 Å². The van der Waals surface area contributed by atoms with Crippen molar-refractivity contribution in [3.05, 3.63) is 67.3 Å². The maximum Gasteiger partial charge on any atom is 0.277 e. The van der Waals surface area contributed by atoms with Crippen molar-refractivity contribution in [3.8, 4) is 0 Å². The first kappa shape index (κ1) is 17.4. The molecule has 3 rings (SSSR count). The van der Waals surface area contributed by atoms with Gasteiger partial charge in [-0.25, -0.2) is 4.98 Å². The maximum atomic E-state index is 12.4. The summed E-state index contributed by atoms with van der Waals surface area (Å²) in [6, 6.07) is 6.64. The lowest BCUT2D eigenvalue weighted by Crippen LogP contribution is -2.12. The number of nitrogens with zero attached hydrogens (tertiary/aromatic N) is 3. The third-order valence-corrected chi connectivity index (χ3v) is 4.74. The van der Waals surface area contributed by atoms with Gasteiger partial charge in [0.15, 0.2) is 5.13 Å². The average molecular weight is 372 g/mol. The van der Waals surface area contributed by atoms with Crippen LogP contribution in [0.4, 0.5) is 16.5 Å². The zero-order valence-corrected chi connectivity index (χ0v) is 14.5. The predicted octanol–water partition coefficient (Wildman–Crippen LogP) is 3.98. The van der Waals surface area contributed by atoms with Crippen LogP contribution in [0.2, 0.25) is 0 Å². The number of fused-ring (bicyclic) bond motifs is 1. The maximum absolute atomic E-state index is 12.4. The summed E-state index contributed by atoms with van der Waals surface area (Å²) in [5.74, 6) is -0.704. The molecule has 1 N–H and O–H groups in total. The van der Waals surface area contributed by atoms with Crippen LogP contribution in [0.5, 0.6) is 0 Å². The number of amides is 1. The molecule has 0 spiro atoms. The fourth-order valence-electron chi connectivity index (χ4n) is 2.34. The third kappa shape index (κ3) is 3.35. The molecular weight excluding hydrogens is 360 g/mol. The number of nitro groups is 2. The lowest BCUT2D eigenvalue weighted by Gasteiger charge is -2.02. The van der Waals surface area contributed by atoms with Crippen LogP contribution in [0, 0.1) is 34.1 Å². The Hall–Kier alpha value is -3.40. The van der Waals surface area contributed by atoms with Crippen molar-refractivity contribution in [1.82, 2.24) is 4.98 Å². The van der Waals surface area contributed by atoms with Crippen molar-refractivity contribution in [2.75, 3.05) is 5.32 Å². The first-order chi connectivity index (χ1) is 12.2. The van der Waals surface area contributed by atoms with E-state index in [2.05, 4.69) is 10.3 Å². The molecule has 1 amide bonds. The predicted molar refractivity (Wildman–Crippen MR) is 96.8 cm³/mol. The summed E-state index contributed by atoms with van der Waals surface area (Å²) in [4.78, 5) is 37.0. The molecule has 1 aromatic heterocycles. The Morgan fingerprint density at radius 2 is 1.58 bits per heavy atom. The highest BCUT2D eigenvalue weighted by Crippen LogP contribution is 2.29. The molecule has 2 aromatic carbocycles. The van der Waals surface area contributed by atoms with Gasteiger partial charge in [0.1, 0.15) is 0 Å². The summed E-state index contributed by atoms with van der Waals surface area (Å²) < 4.78 is 0.883. The first-order valence-corrected chi connectivity index (χ1v) is 8.19. The van der Waals surface area contributed by atoms with E-state index in [1.165, 1.54) is 11.3 Å². The van der Waals surface area contributed by atoms with Crippen LogP contribution >= 0.6 is 11.3 Å². The largest absolute Gasteiger partial charge is 0.298 e. The molecule has 132 valence electrons. The molecule has 10 heteroatoms. The summed E-state index contributed by atoms with van der Waals surface area (Å²) in [5, 5.41) is 24.7. The number of aryl methyl sites for hydroxylation is 2. The van der Waals surface area contributed by atoms with Gasteiger partial charge in [0.25, 0.3) is 17.3 Å². The zero-order chi connectivity index (χ0) is 19.0. The second-order valence-corrected chi connectivity index (χ2v) is 6.66. The second-order valence-electron chi connectivity index (χ2n) is 5.63. The number of carbonyl (C=O) groups is 1. The van der Waals surface area contributed by atoms with Gasteiger partial charge < -0.3 is 0 Å². The van der Waals surface area contributed by atoms with Gasteiger partial charge in [0.05, 0.1) is 31.7 Å². The van der Waals surface area contributed by atoms with E-state index in [1.807, 2.05) is 26.0 Å². The van der Waals surface area contributed by atoms with Crippen LogP contribution in [0.15, 0.2) is 30.3 Å². The number of thiazole rings is 1. The topological polar surface area (TPSA) is 128 Å². The molecule has 0 unspecified atom stereocenters. The molecule has 0 aliphatic carbocycles. The van der Waals surface area contributed by atoms with Crippen LogP contribution in [0.3, 0.4) is 0 Å². The molecule has 0 saturated carbocycles. The number of non-ortho nitro benzene ring substituents is 2. The number of benzene rings is 2. The minimum Gasteiger partial charge on any atom is -0.298 e. The van der Waals surface area contributed by atoms with Crippen molar-refractivity contribution in [3.63, 3.8) is 0 Å². The summed E-state index contributed by atoms with van der Waals surface area (Å²) in [6.07, 6.45) is 0. The van der Waals surface area contributed by atoms with Crippen LogP contribution < -0.4 is 5.32 Å². The molecule has 0 aliphatic rings. The Labute approximate surface area is 150 Å². The van der Waals surface area contributed by atoms with E-state index in [4.69, 9.17) is 0 Å². The van der Waals surface area contributed by atoms with Gasteiger partial charge in [-0.2, -0.15) is 0 Å². The average Bonchev–Trinajstić information content (AvgIpc) is 2.95. The molecule has 0 fully saturated rings. The standard InChI is InChI=1S/C16H12N4O5S/c1-8-3-13-14(4-9(8)2)26-16(17-13)18-15(21)10-5-11(19(22)23)7-12(6-10)20(24)25/h3-7H,1-2H3,(H,17,18,21). The van der Waals surface area contributed by atoms with Gasteiger partial charge in [-0.05, 0) is 37.1 Å². The number of rotatable bonds is 4. The SMILES string of the molecule is Cc1cc2nc(NC(=O)c3cc([N+](=O)[O-])cc([N+](=O)[O-])c3)sc2cc1C. The number of anilines is 1. The Morgan fingerprint density at radius 1 is 1.00 bits per heavy atom. The van der Waals surface area contributed by atoms with Crippen molar-refractivity contribution in [2.24, 2.45) is 0 Å². The van der Waals surface area contributed by atoms with E-state index >= 15 is 0 Å². The summed E-state index contributed by atoms with van der Waals surface area (Å²) in [5.41, 5.74) is 1.64. The normalized spacial score (nSPS) is 10.7. The Balaban J connectivity index is 1.95. The van der Waals surface area contributed by atoms with Gasteiger partial charge in [-0.1, -0.05) is 11.3 Å². The number of hydrogen-bond donors (Lipinski definition) is 1. The van der Waals surface area contributed by atoms with Crippen molar-refractivity contribution < 1.29 is 14.6 Å². The number of aromatic nitrogens is 1. The highest BCUT2D eigenvalue weighted by atomic mass is 32.1. The highest BCUT2D eigenvalue weighted by molar-refractivity contribution is 7.22. The van der Waals surface area contributed by atoms with E-state index in [0.717, 1.165) is 39.5 Å².